The van der Waals surface area contributed by atoms with Crippen LogP contribution in [0.1, 0.15) is 42.5 Å². The number of rotatable bonds is 5. The number of nitrogens with one attached hydrogen (secondary N) is 1. The van der Waals surface area contributed by atoms with Gasteiger partial charge < -0.3 is 19.9 Å². The molecule has 1 saturated carbocycles. The summed E-state index contributed by atoms with van der Waals surface area (Å²) in [5.74, 6) is -0.438. The minimum absolute atomic E-state index is 0.322. The lowest BCUT2D eigenvalue weighted by Gasteiger charge is -2.34. The number of hydrogen-bond acceptors (Lipinski definition) is 4. The zero-order chi connectivity index (χ0) is 16.2. The van der Waals surface area contributed by atoms with E-state index in [1.807, 2.05) is 0 Å². The Morgan fingerprint density at radius 1 is 1.05 bits per heavy atom. The molecule has 0 unspecified atom stereocenters. The first-order valence-corrected chi connectivity index (χ1v) is 7.30. The Kier molecular flexibility index (Phi) is 4.90. The van der Waals surface area contributed by atoms with Gasteiger partial charge in [0.25, 0.3) is 5.91 Å². The van der Waals surface area contributed by atoms with Crippen molar-refractivity contribution in [2.75, 3.05) is 14.2 Å². The van der Waals surface area contributed by atoms with E-state index < -0.39 is 17.4 Å². The Labute approximate surface area is 129 Å². The fourth-order valence-corrected chi connectivity index (χ4v) is 2.78. The van der Waals surface area contributed by atoms with Crippen LogP contribution >= 0.6 is 0 Å². The van der Waals surface area contributed by atoms with Gasteiger partial charge >= 0.3 is 5.97 Å². The summed E-state index contributed by atoms with van der Waals surface area (Å²) in [4.78, 5) is 24.1. The molecule has 1 aromatic rings. The molecule has 0 aliphatic heterocycles. The molecule has 1 amide bonds. The number of carboxylic acids is 1. The third-order valence-electron chi connectivity index (χ3n) is 4.08. The van der Waals surface area contributed by atoms with Gasteiger partial charge in [-0.2, -0.15) is 0 Å². The first kappa shape index (κ1) is 16.1. The van der Waals surface area contributed by atoms with Crippen molar-refractivity contribution in [1.29, 1.82) is 0 Å². The number of carbonyl (C=O) groups is 2. The summed E-state index contributed by atoms with van der Waals surface area (Å²) in [7, 11) is 2.99. The number of aliphatic carboxylic acids is 1. The van der Waals surface area contributed by atoms with Crippen molar-refractivity contribution in [3.63, 3.8) is 0 Å². The highest BCUT2D eigenvalue weighted by atomic mass is 16.5. The number of methoxy groups -OCH3 is 2. The predicted octanol–water partition coefficient (Wildman–Crippen LogP) is 2.22. The maximum absolute atomic E-state index is 12.5. The topological polar surface area (TPSA) is 84.9 Å². The molecular formula is C16H21NO5. The van der Waals surface area contributed by atoms with Crippen molar-refractivity contribution in [2.45, 2.75) is 37.6 Å². The molecule has 0 atom stereocenters. The number of amides is 1. The molecule has 0 heterocycles. The second-order valence-electron chi connectivity index (χ2n) is 5.50. The van der Waals surface area contributed by atoms with E-state index in [1.165, 1.54) is 14.2 Å². The molecular weight excluding hydrogens is 286 g/mol. The van der Waals surface area contributed by atoms with Crippen molar-refractivity contribution < 1.29 is 24.2 Å². The van der Waals surface area contributed by atoms with Crippen LogP contribution in [0.4, 0.5) is 0 Å². The maximum atomic E-state index is 12.5. The molecule has 0 bridgehead atoms. The van der Waals surface area contributed by atoms with E-state index in [2.05, 4.69) is 5.32 Å². The molecule has 6 nitrogen and oxygen atoms in total. The normalized spacial score (nSPS) is 16.6. The van der Waals surface area contributed by atoms with Crippen molar-refractivity contribution in [1.82, 2.24) is 5.32 Å². The predicted molar refractivity (Wildman–Crippen MR) is 80.5 cm³/mol. The zero-order valence-corrected chi connectivity index (χ0v) is 12.8. The van der Waals surface area contributed by atoms with Gasteiger partial charge in [0.1, 0.15) is 17.0 Å². The highest BCUT2D eigenvalue weighted by molar-refractivity contribution is 5.98. The first-order chi connectivity index (χ1) is 10.5. The van der Waals surface area contributed by atoms with Crippen LogP contribution in [0, 0.1) is 0 Å². The second-order valence-corrected chi connectivity index (χ2v) is 5.50. The highest BCUT2D eigenvalue weighted by Crippen LogP contribution is 2.29. The molecule has 2 N–H and O–H groups in total. The van der Waals surface area contributed by atoms with Crippen LogP contribution in [0.5, 0.6) is 11.5 Å². The largest absolute Gasteiger partial charge is 0.497 e. The van der Waals surface area contributed by atoms with E-state index in [0.29, 0.717) is 29.9 Å². The number of ether oxygens (including phenoxy) is 2. The minimum Gasteiger partial charge on any atom is -0.497 e. The Bertz CT molecular complexity index is 541. The maximum Gasteiger partial charge on any atom is 0.329 e. The van der Waals surface area contributed by atoms with Crippen LogP contribution in [0.2, 0.25) is 0 Å². The molecule has 120 valence electrons. The number of hydrogen-bond donors (Lipinski definition) is 2. The van der Waals surface area contributed by atoms with Crippen molar-refractivity contribution in [2.24, 2.45) is 0 Å². The number of carbonyl (C=O) groups excluding carboxylic acids is 1. The Hall–Kier alpha value is -2.24. The van der Waals surface area contributed by atoms with E-state index in [1.54, 1.807) is 18.2 Å². The lowest BCUT2D eigenvalue weighted by Crippen LogP contribution is -2.55. The van der Waals surface area contributed by atoms with Crippen molar-refractivity contribution in [3.8, 4) is 11.5 Å². The molecule has 0 radical (unpaired) electrons. The fraction of sp³-hybridized carbons (Fsp3) is 0.500. The molecule has 1 aliphatic rings. The average Bonchev–Trinajstić information content (AvgIpc) is 2.54. The van der Waals surface area contributed by atoms with Crippen LogP contribution in [0.15, 0.2) is 18.2 Å². The summed E-state index contributed by atoms with van der Waals surface area (Å²) >= 11 is 0. The summed E-state index contributed by atoms with van der Waals surface area (Å²) in [5.41, 5.74) is -0.853. The number of carboxylic acid groups (broad SMARTS) is 1. The molecule has 6 heteroatoms. The SMILES string of the molecule is COc1cc(OC)cc(C(=O)NC2(C(=O)O)CCCCC2)c1. The summed E-state index contributed by atoms with van der Waals surface area (Å²) in [6.45, 7) is 0. The minimum atomic E-state index is -1.17. The van der Waals surface area contributed by atoms with Gasteiger partial charge in [-0.05, 0) is 25.0 Å². The average molecular weight is 307 g/mol. The monoisotopic (exact) mass is 307 g/mol. The van der Waals surface area contributed by atoms with Gasteiger partial charge in [0.15, 0.2) is 0 Å². The van der Waals surface area contributed by atoms with E-state index >= 15 is 0 Å². The van der Waals surface area contributed by atoms with E-state index in [9.17, 15) is 14.7 Å². The third kappa shape index (κ3) is 3.32. The highest BCUT2D eigenvalue weighted by Gasteiger charge is 2.41. The zero-order valence-electron chi connectivity index (χ0n) is 12.8. The van der Waals surface area contributed by atoms with Crippen molar-refractivity contribution >= 4 is 11.9 Å². The summed E-state index contributed by atoms with van der Waals surface area (Å²) in [5, 5.41) is 12.2. The third-order valence-corrected chi connectivity index (χ3v) is 4.08. The summed E-state index contributed by atoms with van der Waals surface area (Å²) < 4.78 is 10.3. The quantitative estimate of drug-likeness (QED) is 0.871. The standard InChI is InChI=1S/C16H21NO5/c1-21-12-8-11(9-13(10-12)22-2)14(18)17-16(15(19)20)6-4-3-5-7-16/h8-10H,3-7H2,1-2H3,(H,17,18)(H,19,20). The molecule has 2 rings (SSSR count). The van der Waals surface area contributed by atoms with Crippen molar-refractivity contribution in [3.05, 3.63) is 23.8 Å². The smallest absolute Gasteiger partial charge is 0.329 e. The molecule has 1 aliphatic carbocycles. The molecule has 0 aromatic heterocycles. The molecule has 0 spiro atoms. The van der Waals surface area contributed by atoms with Crippen LogP contribution in [0.3, 0.4) is 0 Å². The van der Waals surface area contributed by atoms with E-state index in [0.717, 1.165) is 19.3 Å². The lowest BCUT2D eigenvalue weighted by atomic mass is 9.81. The van der Waals surface area contributed by atoms with Crippen LogP contribution in [-0.4, -0.2) is 36.7 Å². The molecule has 22 heavy (non-hydrogen) atoms. The van der Waals surface area contributed by atoms with Gasteiger partial charge in [0, 0.05) is 11.6 Å². The Balaban J connectivity index is 2.25. The van der Waals surface area contributed by atoms with Crippen LogP contribution in [0.25, 0.3) is 0 Å². The Morgan fingerprint density at radius 2 is 1.59 bits per heavy atom. The van der Waals surface area contributed by atoms with Gasteiger partial charge in [0.05, 0.1) is 14.2 Å². The van der Waals surface area contributed by atoms with Gasteiger partial charge in [-0.1, -0.05) is 19.3 Å². The lowest BCUT2D eigenvalue weighted by molar-refractivity contribution is -0.145. The van der Waals surface area contributed by atoms with E-state index in [4.69, 9.17) is 9.47 Å². The number of benzene rings is 1. The van der Waals surface area contributed by atoms with Gasteiger partial charge in [0.2, 0.25) is 0 Å². The molecule has 1 fully saturated rings. The second kappa shape index (κ2) is 6.68. The van der Waals surface area contributed by atoms with Gasteiger partial charge in [-0.25, -0.2) is 4.79 Å². The Morgan fingerprint density at radius 3 is 2.05 bits per heavy atom. The van der Waals surface area contributed by atoms with Crippen LogP contribution in [-0.2, 0) is 4.79 Å². The summed E-state index contributed by atoms with van der Waals surface area (Å²) in [6.07, 6.45) is 3.50. The van der Waals surface area contributed by atoms with E-state index in [-0.39, 0.29) is 0 Å². The van der Waals surface area contributed by atoms with Gasteiger partial charge in [-0.3, -0.25) is 4.79 Å². The van der Waals surface area contributed by atoms with Gasteiger partial charge in [-0.15, -0.1) is 0 Å². The summed E-state index contributed by atoms with van der Waals surface area (Å²) in [6, 6.07) is 4.79. The molecule has 0 saturated heterocycles. The van der Waals surface area contributed by atoms with Crippen LogP contribution < -0.4 is 14.8 Å². The molecule has 1 aromatic carbocycles. The first-order valence-electron chi connectivity index (χ1n) is 7.30. The fourth-order valence-electron chi connectivity index (χ4n) is 2.78.